The van der Waals surface area contributed by atoms with Crippen molar-refractivity contribution < 1.29 is 14.7 Å². The van der Waals surface area contributed by atoms with Crippen LogP contribution in [0.2, 0.25) is 5.02 Å². The average molecular weight is 311 g/mol. The van der Waals surface area contributed by atoms with Crippen molar-refractivity contribution in [2.24, 2.45) is 0 Å². The highest BCUT2D eigenvalue weighted by Crippen LogP contribution is 2.20. The van der Waals surface area contributed by atoms with Gasteiger partial charge in [-0.25, -0.2) is 0 Å². The number of benzene rings is 1. The number of halogens is 1. The Hall–Kier alpha value is -1.59. The molecule has 1 amide bonds. The summed E-state index contributed by atoms with van der Waals surface area (Å²) >= 11 is 5.87. The van der Waals surface area contributed by atoms with Gasteiger partial charge in [-0.15, -0.1) is 0 Å². The molecule has 1 aromatic carbocycles. The third kappa shape index (κ3) is 5.02. The van der Waals surface area contributed by atoms with Gasteiger partial charge >= 0.3 is 5.97 Å². The van der Waals surface area contributed by atoms with Gasteiger partial charge in [0.25, 0.3) is 0 Å². The van der Waals surface area contributed by atoms with E-state index >= 15 is 0 Å². The number of hydrogen-bond donors (Lipinski definition) is 2. The lowest BCUT2D eigenvalue weighted by Gasteiger charge is -2.34. The number of anilines is 1. The van der Waals surface area contributed by atoms with E-state index in [0.717, 1.165) is 25.8 Å². The molecule has 0 aromatic heterocycles. The van der Waals surface area contributed by atoms with Gasteiger partial charge in [-0.1, -0.05) is 24.1 Å². The largest absolute Gasteiger partial charge is 0.481 e. The number of likely N-dealkylation sites (tertiary alicyclic amines) is 1. The molecule has 1 aliphatic rings. The van der Waals surface area contributed by atoms with Crippen molar-refractivity contribution in [2.45, 2.75) is 31.7 Å². The Bertz CT molecular complexity index is 521. The summed E-state index contributed by atoms with van der Waals surface area (Å²) in [6.07, 6.45) is 2.94. The van der Waals surface area contributed by atoms with Crippen molar-refractivity contribution in [1.82, 2.24) is 4.90 Å². The van der Waals surface area contributed by atoms with Crippen molar-refractivity contribution >= 4 is 29.2 Å². The Balaban J connectivity index is 1.92. The van der Waals surface area contributed by atoms with Crippen LogP contribution in [0.5, 0.6) is 0 Å². The minimum absolute atomic E-state index is 0.0543. The van der Waals surface area contributed by atoms with E-state index in [4.69, 9.17) is 16.7 Å². The summed E-state index contributed by atoms with van der Waals surface area (Å²) in [4.78, 5) is 24.9. The lowest BCUT2D eigenvalue weighted by molar-refractivity contribution is -0.139. The fraction of sp³-hybridized carbons (Fsp3) is 0.467. The smallest absolute Gasteiger partial charge is 0.304 e. The van der Waals surface area contributed by atoms with Crippen LogP contribution in [-0.2, 0) is 9.59 Å². The van der Waals surface area contributed by atoms with E-state index in [1.54, 1.807) is 24.3 Å². The first-order valence-electron chi connectivity index (χ1n) is 7.06. The molecule has 6 heteroatoms. The number of piperidine rings is 1. The van der Waals surface area contributed by atoms with Gasteiger partial charge in [-0.2, -0.15) is 0 Å². The summed E-state index contributed by atoms with van der Waals surface area (Å²) in [6.45, 7) is 0.978. The number of carbonyl (C=O) groups is 2. The first-order valence-corrected chi connectivity index (χ1v) is 7.43. The molecule has 1 aromatic rings. The third-order valence-electron chi connectivity index (χ3n) is 3.61. The average Bonchev–Trinajstić information content (AvgIpc) is 2.40. The van der Waals surface area contributed by atoms with Crippen molar-refractivity contribution in [2.75, 3.05) is 18.4 Å². The van der Waals surface area contributed by atoms with Gasteiger partial charge in [0.15, 0.2) is 0 Å². The fourth-order valence-electron chi connectivity index (χ4n) is 2.65. The molecule has 0 bridgehead atoms. The quantitative estimate of drug-likeness (QED) is 0.877. The van der Waals surface area contributed by atoms with Crippen LogP contribution in [0.3, 0.4) is 0 Å². The van der Waals surface area contributed by atoms with Gasteiger partial charge in [-0.05, 0) is 37.6 Å². The molecular weight excluding hydrogens is 292 g/mol. The molecule has 5 nitrogen and oxygen atoms in total. The summed E-state index contributed by atoms with van der Waals surface area (Å²) in [5.74, 6) is -0.961. The van der Waals surface area contributed by atoms with Crippen LogP contribution in [0.4, 0.5) is 5.69 Å². The van der Waals surface area contributed by atoms with Gasteiger partial charge < -0.3 is 10.4 Å². The maximum Gasteiger partial charge on any atom is 0.304 e. The standard InChI is InChI=1S/C15H19ClN2O3/c16-11-4-3-5-12(8-11)17-14(19)10-18-7-2-1-6-13(18)9-15(20)21/h3-5,8,13H,1-2,6-7,9-10H2,(H,17,19)(H,20,21). The number of nitrogens with one attached hydrogen (secondary N) is 1. The molecule has 1 aliphatic heterocycles. The molecular formula is C15H19ClN2O3. The molecule has 114 valence electrons. The van der Waals surface area contributed by atoms with Crippen LogP contribution >= 0.6 is 11.6 Å². The topological polar surface area (TPSA) is 69.6 Å². The zero-order chi connectivity index (χ0) is 15.2. The first kappa shape index (κ1) is 15.8. The Morgan fingerprint density at radius 3 is 2.90 bits per heavy atom. The van der Waals surface area contributed by atoms with Gasteiger partial charge in [-0.3, -0.25) is 14.5 Å². The summed E-state index contributed by atoms with van der Waals surface area (Å²) < 4.78 is 0. The number of carboxylic acids is 1. The third-order valence-corrected chi connectivity index (χ3v) is 3.85. The second kappa shape index (κ2) is 7.43. The number of hydrogen-bond acceptors (Lipinski definition) is 3. The molecule has 1 atom stereocenters. The molecule has 2 N–H and O–H groups in total. The van der Waals surface area contributed by atoms with E-state index in [-0.39, 0.29) is 24.9 Å². The van der Waals surface area contributed by atoms with Crippen LogP contribution in [0.25, 0.3) is 0 Å². The molecule has 1 unspecified atom stereocenters. The van der Waals surface area contributed by atoms with E-state index in [9.17, 15) is 9.59 Å². The predicted octanol–water partition coefficient (Wildman–Crippen LogP) is 2.61. The summed E-state index contributed by atoms with van der Waals surface area (Å²) in [6, 6.07) is 6.91. The number of carbonyl (C=O) groups excluding carboxylic acids is 1. The fourth-order valence-corrected chi connectivity index (χ4v) is 2.84. The zero-order valence-corrected chi connectivity index (χ0v) is 12.5. The normalized spacial score (nSPS) is 19.2. The SMILES string of the molecule is O=C(O)CC1CCCCN1CC(=O)Nc1cccc(Cl)c1. The lowest BCUT2D eigenvalue weighted by atomic mass is 9.99. The highest BCUT2D eigenvalue weighted by Gasteiger charge is 2.26. The Labute approximate surface area is 128 Å². The maximum atomic E-state index is 12.1. The molecule has 0 saturated carbocycles. The van der Waals surface area contributed by atoms with Gasteiger partial charge in [0, 0.05) is 16.8 Å². The van der Waals surface area contributed by atoms with E-state index in [1.807, 2.05) is 4.90 Å². The van der Waals surface area contributed by atoms with Gasteiger partial charge in [0.2, 0.25) is 5.91 Å². The number of aliphatic carboxylic acids is 1. The molecule has 1 saturated heterocycles. The van der Waals surface area contributed by atoms with Gasteiger partial charge in [0.05, 0.1) is 13.0 Å². The maximum absolute atomic E-state index is 12.1. The number of carboxylic acid groups (broad SMARTS) is 1. The number of amides is 1. The predicted molar refractivity (Wildman–Crippen MR) is 81.5 cm³/mol. The van der Waals surface area contributed by atoms with Crippen molar-refractivity contribution in [1.29, 1.82) is 0 Å². The van der Waals surface area contributed by atoms with E-state index < -0.39 is 5.97 Å². The van der Waals surface area contributed by atoms with Gasteiger partial charge in [0.1, 0.15) is 0 Å². The second-order valence-corrected chi connectivity index (χ2v) is 5.71. The minimum atomic E-state index is -0.817. The molecule has 1 fully saturated rings. The van der Waals surface area contributed by atoms with Crippen molar-refractivity contribution in [3.8, 4) is 0 Å². The first-order chi connectivity index (χ1) is 10.0. The summed E-state index contributed by atoms with van der Waals surface area (Å²) in [7, 11) is 0. The van der Waals surface area contributed by atoms with Crippen LogP contribution < -0.4 is 5.32 Å². The van der Waals surface area contributed by atoms with E-state index in [0.29, 0.717) is 10.7 Å². The number of nitrogens with zero attached hydrogens (tertiary/aromatic N) is 1. The van der Waals surface area contributed by atoms with Crippen LogP contribution in [-0.4, -0.2) is 41.0 Å². The second-order valence-electron chi connectivity index (χ2n) is 5.28. The molecule has 0 spiro atoms. The van der Waals surface area contributed by atoms with Crippen molar-refractivity contribution in [3.05, 3.63) is 29.3 Å². The molecule has 0 aliphatic carbocycles. The van der Waals surface area contributed by atoms with Crippen molar-refractivity contribution in [3.63, 3.8) is 0 Å². The molecule has 1 heterocycles. The Kier molecular flexibility index (Phi) is 5.59. The summed E-state index contributed by atoms with van der Waals surface area (Å²) in [5, 5.41) is 12.3. The van der Waals surface area contributed by atoms with Crippen LogP contribution in [0.15, 0.2) is 24.3 Å². The highest BCUT2D eigenvalue weighted by molar-refractivity contribution is 6.30. The lowest BCUT2D eigenvalue weighted by Crippen LogP contribution is -2.44. The Morgan fingerprint density at radius 2 is 2.19 bits per heavy atom. The molecule has 21 heavy (non-hydrogen) atoms. The molecule has 2 rings (SSSR count). The van der Waals surface area contributed by atoms with Crippen LogP contribution in [0, 0.1) is 0 Å². The zero-order valence-electron chi connectivity index (χ0n) is 11.7. The van der Waals surface area contributed by atoms with Crippen LogP contribution in [0.1, 0.15) is 25.7 Å². The monoisotopic (exact) mass is 310 g/mol. The summed E-state index contributed by atoms with van der Waals surface area (Å²) in [5.41, 5.74) is 0.652. The molecule has 0 radical (unpaired) electrons. The number of rotatable bonds is 5. The highest BCUT2D eigenvalue weighted by atomic mass is 35.5. The van der Waals surface area contributed by atoms with E-state index in [2.05, 4.69) is 5.32 Å². The van der Waals surface area contributed by atoms with E-state index in [1.165, 1.54) is 0 Å². The Morgan fingerprint density at radius 1 is 1.38 bits per heavy atom. The minimum Gasteiger partial charge on any atom is -0.481 e.